The summed E-state index contributed by atoms with van der Waals surface area (Å²) in [6, 6.07) is 3.07. The van der Waals surface area contributed by atoms with Gasteiger partial charge in [-0.2, -0.15) is 0 Å². The van der Waals surface area contributed by atoms with Crippen LogP contribution in [0.1, 0.15) is 12.5 Å². The molecule has 4 N–H and O–H groups in total. The number of rotatable bonds is 4. The Morgan fingerprint density at radius 3 is 2.52 bits per heavy atom. The van der Waals surface area contributed by atoms with Crippen LogP contribution in [0.3, 0.4) is 0 Å². The topological polar surface area (TPSA) is 160 Å². The fourth-order valence-corrected chi connectivity index (χ4v) is 2.92. The second-order valence-corrected chi connectivity index (χ2v) is 5.85. The average Bonchev–Trinajstić information content (AvgIpc) is 2.55. The quantitative estimate of drug-likeness (QED) is 0.306. The first-order valence-electron chi connectivity index (χ1n) is 7.11. The van der Waals surface area contributed by atoms with E-state index in [2.05, 4.69) is 0 Å². The Morgan fingerprint density at radius 2 is 2.04 bits per heavy atom. The van der Waals surface area contributed by atoms with Gasteiger partial charge in [0.15, 0.2) is 6.10 Å². The summed E-state index contributed by atoms with van der Waals surface area (Å²) in [5, 5.41) is 50.2. The number of esters is 1. The van der Waals surface area contributed by atoms with E-state index in [-0.39, 0.29) is 16.3 Å². The van der Waals surface area contributed by atoms with E-state index in [0.29, 0.717) is 0 Å². The van der Waals surface area contributed by atoms with E-state index in [0.717, 1.165) is 25.1 Å². The number of hydrogen-bond donors (Lipinski definition) is 4. The van der Waals surface area contributed by atoms with Crippen LogP contribution in [0.15, 0.2) is 18.2 Å². The molecule has 0 aliphatic carbocycles. The normalized spacial score (nSPS) is 32.2. The minimum atomic E-state index is -2.37. The number of hydrogen-bond acceptors (Lipinski definition) is 9. The predicted octanol–water partition coefficient (Wildman–Crippen LogP) is -0.562. The molecule has 25 heavy (non-hydrogen) atoms. The number of non-ortho nitro benzene ring substituents is 1. The second-order valence-electron chi connectivity index (χ2n) is 5.45. The largest absolute Gasteiger partial charge is 0.426 e. The zero-order valence-corrected chi connectivity index (χ0v) is 13.7. The summed E-state index contributed by atoms with van der Waals surface area (Å²) in [7, 11) is 0. The van der Waals surface area contributed by atoms with Crippen LogP contribution in [0.5, 0.6) is 0 Å². The van der Waals surface area contributed by atoms with Crippen LogP contribution in [0.25, 0.3) is 0 Å². The summed E-state index contributed by atoms with van der Waals surface area (Å²) in [4.78, 5) is 21.7. The maximum Gasteiger partial charge on any atom is 0.305 e. The molecule has 5 atom stereocenters. The molecular formula is C14H16ClNO9. The van der Waals surface area contributed by atoms with Crippen LogP contribution in [-0.4, -0.2) is 62.3 Å². The highest BCUT2D eigenvalue weighted by Gasteiger charge is 2.58. The fourth-order valence-electron chi connectivity index (χ4n) is 2.62. The van der Waals surface area contributed by atoms with Crippen molar-refractivity contribution in [2.24, 2.45) is 0 Å². The first-order chi connectivity index (χ1) is 11.6. The van der Waals surface area contributed by atoms with Crippen molar-refractivity contribution in [2.45, 2.75) is 37.1 Å². The second kappa shape index (κ2) is 7.20. The Balaban J connectivity index is 2.62. The minimum Gasteiger partial charge on any atom is -0.426 e. The van der Waals surface area contributed by atoms with E-state index in [4.69, 9.17) is 21.1 Å². The number of aliphatic hydroxyl groups excluding tert-OH is 4. The number of halogens is 1. The Labute approximate surface area is 146 Å². The van der Waals surface area contributed by atoms with Crippen molar-refractivity contribution in [3.8, 4) is 0 Å². The number of benzene rings is 1. The van der Waals surface area contributed by atoms with Crippen LogP contribution >= 0.6 is 11.6 Å². The van der Waals surface area contributed by atoms with Gasteiger partial charge >= 0.3 is 5.97 Å². The van der Waals surface area contributed by atoms with Crippen molar-refractivity contribution in [3.63, 3.8) is 0 Å². The van der Waals surface area contributed by atoms with Gasteiger partial charge in [-0.3, -0.25) is 14.9 Å². The molecule has 0 saturated carbocycles. The van der Waals surface area contributed by atoms with Crippen LogP contribution in [-0.2, 0) is 20.1 Å². The van der Waals surface area contributed by atoms with Gasteiger partial charge in [0.05, 0.1) is 16.6 Å². The van der Waals surface area contributed by atoms with E-state index in [1.54, 1.807) is 0 Å². The Hall–Kier alpha value is -1.82. The first kappa shape index (κ1) is 19.5. The number of aliphatic hydroxyl groups is 4. The van der Waals surface area contributed by atoms with E-state index in [1.807, 2.05) is 0 Å². The van der Waals surface area contributed by atoms with Crippen molar-refractivity contribution in [1.82, 2.24) is 0 Å². The number of carbonyl (C=O) groups excluding carboxylic acids is 1. The Kier molecular flexibility index (Phi) is 5.62. The van der Waals surface area contributed by atoms with Crippen molar-refractivity contribution in [2.75, 3.05) is 6.61 Å². The zero-order valence-electron chi connectivity index (χ0n) is 12.9. The smallest absolute Gasteiger partial charge is 0.305 e. The highest BCUT2D eigenvalue weighted by atomic mass is 35.5. The summed E-state index contributed by atoms with van der Waals surface area (Å²) in [6.07, 6.45) is -6.91. The van der Waals surface area contributed by atoms with Gasteiger partial charge in [0.1, 0.15) is 18.3 Å². The molecule has 0 radical (unpaired) electrons. The highest BCUT2D eigenvalue weighted by Crippen LogP contribution is 2.43. The summed E-state index contributed by atoms with van der Waals surface area (Å²) < 4.78 is 10.5. The van der Waals surface area contributed by atoms with Crippen LogP contribution in [0.2, 0.25) is 5.02 Å². The monoisotopic (exact) mass is 377 g/mol. The molecule has 1 fully saturated rings. The number of ether oxygens (including phenoxy) is 2. The molecule has 1 aliphatic rings. The average molecular weight is 378 g/mol. The summed E-state index contributed by atoms with van der Waals surface area (Å²) in [6.45, 7) is 0.237. The highest BCUT2D eigenvalue weighted by molar-refractivity contribution is 6.31. The Bertz CT molecular complexity index is 682. The van der Waals surface area contributed by atoms with Gasteiger partial charge in [0.2, 0.25) is 0 Å². The van der Waals surface area contributed by atoms with E-state index in [1.165, 1.54) is 0 Å². The molecule has 10 nitrogen and oxygen atoms in total. The van der Waals surface area contributed by atoms with Crippen molar-refractivity contribution in [3.05, 3.63) is 38.9 Å². The zero-order chi connectivity index (χ0) is 18.9. The molecule has 0 spiro atoms. The molecular weight excluding hydrogens is 362 g/mol. The molecule has 0 bridgehead atoms. The van der Waals surface area contributed by atoms with Gasteiger partial charge in [-0.05, 0) is 6.07 Å². The fraction of sp³-hybridized carbons (Fsp3) is 0.500. The molecule has 0 unspecified atom stereocenters. The molecule has 1 aliphatic heterocycles. The third-order valence-corrected chi connectivity index (χ3v) is 4.10. The van der Waals surface area contributed by atoms with E-state index >= 15 is 0 Å². The maximum absolute atomic E-state index is 11.5. The lowest BCUT2D eigenvalue weighted by Crippen LogP contribution is -2.64. The Morgan fingerprint density at radius 1 is 1.40 bits per heavy atom. The van der Waals surface area contributed by atoms with Crippen LogP contribution in [0, 0.1) is 10.1 Å². The maximum atomic E-state index is 11.5. The van der Waals surface area contributed by atoms with E-state index in [9.17, 15) is 35.3 Å². The minimum absolute atomic E-state index is 0.188. The van der Waals surface area contributed by atoms with Gasteiger partial charge in [0, 0.05) is 24.6 Å². The van der Waals surface area contributed by atoms with Crippen molar-refractivity contribution >= 4 is 23.3 Å². The molecule has 0 amide bonds. The molecule has 1 aromatic rings. The summed E-state index contributed by atoms with van der Waals surface area (Å²) in [5.74, 6) is -3.29. The SMILES string of the molecule is CC(=O)O[C@@]1(c2ccc([N+](=O)[O-])cc2Cl)O[C@H](CO)[C@@H](O)[C@H](O)[C@H]1O. The third-order valence-electron chi connectivity index (χ3n) is 3.78. The van der Waals surface area contributed by atoms with Crippen LogP contribution in [0.4, 0.5) is 5.69 Å². The number of nitro benzene ring substituents is 1. The molecule has 1 heterocycles. The van der Waals surface area contributed by atoms with Gasteiger partial charge in [-0.1, -0.05) is 11.6 Å². The lowest BCUT2D eigenvalue weighted by atomic mass is 9.87. The van der Waals surface area contributed by atoms with Gasteiger partial charge < -0.3 is 29.9 Å². The van der Waals surface area contributed by atoms with E-state index < -0.39 is 47.7 Å². The number of nitrogens with zero attached hydrogens (tertiary/aromatic N) is 1. The standard InChI is InChI=1S/C14H16ClNO9/c1-6(18)24-14(8-3-2-7(16(22)23)4-9(8)15)13(21)12(20)11(19)10(5-17)25-14/h2-4,10-13,17,19-21H,5H2,1H3/t10-,11-,12+,13-,14+/m1/s1. The molecule has 138 valence electrons. The third kappa shape index (κ3) is 3.45. The number of nitro groups is 1. The van der Waals surface area contributed by atoms with Gasteiger partial charge in [0.25, 0.3) is 11.5 Å². The number of carbonyl (C=O) groups is 1. The van der Waals surface area contributed by atoms with Crippen molar-refractivity contribution in [1.29, 1.82) is 0 Å². The molecule has 2 rings (SSSR count). The summed E-state index contributed by atoms with van der Waals surface area (Å²) >= 11 is 6.03. The molecule has 1 saturated heterocycles. The van der Waals surface area contributed by atoms with Gasteiger partial charge in [-0.15, -0.1) is 0 Å². The lowest BCUT2D eigenvalue weighted by molar-refractivity contribution is -0.385. The van der Waals surface area contributed by atoms with Crippen molar-refractivity contribution < 1.29 is 39.6 Å². The first-order valence-corrected chi connectivity index (χ1v) is 7.48. The van der Waals surface area contributed by atoms with Gasteiger partial charge in [-0.25, -0.2) is 0 Å². The lowest BCUT2D eigenvalue weighted by Gasteiger charge is -2.47. The summed E-state index contributed by atoms with van der Waals surface area (Å²) in [5.41, 5.74) is -0.553. The van der Waals surface area contributed by atoms with Crippen LogP contribution < -0.4 is 0 Å². The molecule has 0 aromatic heterocycles. The molecule has 11 heteroatoms. The predicted molar refractivity (Wildman–Crippen MR) is 81.5 cm³/mol. The molecule has 1 aromatic carbocycles.